The smallest absolute Gasteiger partial charge is 0.326 e. The molecule has 32 heavy (non-hydrogen) atoms. The number of carbonyl (C=O) groups excluding carboxylic acids is 2. The van der Waals surface area contributed by atoms with Gasteiger partial charge in [-0.2, -0.15) is 4.98 Å². The van der Waals surface area contributed by atoms with Crippen molar-refractivity contribution in [3.63, 3.8) is 0 Å². The van der Waals surface area contributed by atoms with Gasteiger partial charge in [0.05, 0.1) is 18.4 Å². The fraction of sp³-hybridized carbons (Fsp3) is 0.211. The fourth-order valence-electron chi connectivity index (χ4n) is 2.75. The first kappa shape index (κ1) is 22.1. The molecule has 0 aliphatic rings. The Morgan fingerprint density at radius 3 is 2.56 bits per heavy atom. The number of fused-ring (bicyclic) bond motifs is 1. The van der Waals surface area contributed by atoms with Gasteiger partial charge in [-0.1, -0.05) is 0 Å². The van der Waals surface area contributed by atoms with Crippen molar-refractivity contribution >= 4 is 40.6 Å². The number of aromatic amines is 1. The SMILES string of the molecule is Nc1nc2ncc(CNc3ccc(C(=O)N[C@H](CCC(=O)[O-])C(=O)O)cc3)nc2c(=O)[nH]1. The zero-order chi connectivity index (χ0) is 23.3. The van der Waals surface area contributed by atoms with Crippen molar-refractivity contribution < 1.29 is 24.6 Å². The van der Waals surface area contributed by atoms with Crippen LogP contribution in [0.2, 0.25) is 0 Å². The van der Waals surface area contributed by atoms with Gasteiger partial charge in [0, 0.05) is 17.2 Å². The lowest BCUT2D eigenvalue weighted by molar-refractivity contribution is -0.305. The summed E-state index contributed by atoms with van der Waals surface area (Å²) in [5.41, 5.74) is 6.43. The van der Waals surface area contributed by atoms with E-state index in [1.54, 1.807) is 12.1 Å². The number of H-pyrrole nitrogens is 1. The van der Waals surface area contributed by atoms with Crippen molar-refractivity contribution in [1.29, 1.82) is 0 Å². The second-order valence-corrected chi connectivity index (χ2v) is 6.69. The lowest BCUT2D eigenvalue weighted by Gasteiger charge is -2.15. The highest BCUT2D eigenvalue weighted by Gasteiger charge is 2.20. The summed E-state index contributed by atoms with van der Waals surface area (Å²) >= 11 is 0. The van der Waals surface area contributed by atoms with Crippen LogP contribution in [-0.2, 0) is 16.1 Å². The van der Waals surface area contributed by atoms with Gasteiger partial charge < -0.3 is 31.4 Å². The van der Waals surface area contributed by atoms with Gasteiger partial charge in [-0.15, -0.1) is 0 Å². The van der Waals surface area contributed by atoms with Gasteiger partial charge >= 0.3 is 5.97 Å². The molecule has 1 amide bonds. The first-order valence-electron chi connectivity index (χ1n) is 9.32. The molecule has 2 heterocycles. The van der Waals surface area contributed by atoms with E-state index in [1.807, 2.05) is 0 Å². The third-order valence-corrected chi connectivity index (χ3v) is 4.35. The van der Waals surface area contributed by atoms with Gasteiger partial charge in [0.2, 0.25) is 5.95 Å². The van der Waals surface area contributed by atoms with Gasteiger partial charge in [0.15, 0.2) is 11.2 Å². The number of aromatic nitrogens is 4. The number of nitrogens with two attached hydrogens (primary N) is 1. The molecule has 0 aliphatic carbocycles. The molecule has 0 radical (unpaired) electrons. The topological polar surface area (TPSA) is 216 Å². The van der Waals surface area contributed by atoms with Crippen LogP contribution in [0.25, 0.3) is 11.2 Å². The van der Waals surface area contributed by atoms with E-state index >= 15 is 0 Å². The molecule has 0 spiro atoms. The number of nitrogens with one attached hydrogen (secondary N) is 3. The average molecular weight is 440 g/mol. The largest absolute Gasteiger partial charge is 0.550 e. The highest BCUT2D eigenvalue weighted by molar-refractivity contribution is 5.96. The van der Waals surface area contributed by atoms with E-state index in [4.69, 9.17) is 10.8 Å². The van der Waals surface area contributed by atoms with Crippen molar-refractivity contribution in [3.05, 3.63) is 52.1 Å². The van der Waals surface area contributed by atoms with Gasteiger partial charge in [0.25, 0.3) is 11.5 Å². The number of aliphatic carboxylic acids is 2. The number of amides is 1. The lowest BCUT2D eigenvalue weighted by atomic mass is 10.1. The molecule has 1 aromatic carbocycles. The second kappa shape index (κ2) is 9.51. The van der Waals surface area contributed by atoms with Crippen LogP contribution in [0.15, 0.2) is 35.3 Å². The molecule has 3 rings (SSSR count). The number of carboxylic acids is 2. The lowest BCUT2D eigenvalue weighted by Crippen LogP contribution is -2.41. The summed E-state index contributed by atoms with van der Waals surface area (Å²) < 4.78 is 0. The number of benzene rings is 1. The van der Waals surface area contributed by atoms with Crippen LogP contribution in [0.1, 0.15) is 28.9 Å². The van der Waals surface area contributed by atoms with Crippen molar-refractivity contribution in [2.45, 2.75) is 25.4 Å². The highest BCUT2D eigenvalue weighted by Crippen LogP contribution is 2.12. The predicted molar refractivity (Wildman–Crippen MR) is 109 cm³/mol. The summed E-state index contributed by atoms with van der Waals surface area (Å²) in [6, 6.07) is 4.78. The van der Waals surface area contributed by atoms with E-state index in [9.17, 15) is 24.3 Å². The van der Waals surface area contributed by atoms with Crippen LogP contribution in [0.5, 0.6) is 0 Å². The van der Waals surface area contributed by atoms with Gasteiger partial charge in [-0.3, -0.25) is 14.6 Å². The molecule has 2 aromatic heterocycles. The third kappa shape index (κ3) is 5.53. The van der Waals surface area contributed by atoms with E-state index in [0.29, 0.717) is 11.4 Å². The number of nitrogen functional groups attached to an aromatic ring is 1. The van der Waals surface area contributed by atoms with Gasteiger partial charge in [-0.25, -0.2) is 14.8 Å². The van der Waals surface area contributed by atoms with E-state index in [-0.39, 0.29) is 35.6 Å². The number of nitrogens with zero attached hydrogens (tertiary/aromatic N) is 3. The Morgan fingerprint density at radius 2 is 1.91 bits per heavy atom. The predicted octanol–water partition coefficient (Wildman–Crippen LogP) is -1.38. The zero-order valence-corrected chi connectivity index (χ0v) is 16.5. The fourth-order valence-corrected chi connectivity index (χ4v) is 2.75. The third-order valence-electron chi connectivity index (χ3n) is 4.35. The monoisotopic (exact) mass is 440 g/mol. The van der Waals surface area contributed by atoms with Gasteiger partial charge in [-0.05, 0) is 37.1 Å². The number of hydrogen-bond donors (Lipinski definition) is 5. The van der Waals surface area contributed by atoms with Crippen molar-refractivity contribution in [2.24, 2.45) is 0 Å². The van der Waals surface area contributed by atoms with Crippen LogP contribution in [0, 0.1) is 0 Å². The Bertz CT molecular complexity index is 1230. The molecule has 0 bridgehead atoms. The van der Waals surface area contributed by atoms with E-state index in [1.165, 1.54) is 18.3 Å². The number of anilines is 2. The molecule has 0 aliphatic heterocycles. The zero-order valence-electron chi connectivity index (χ0n) is 16.5. The second-order valence-electron chi connectivity index (χ2n) is 6.69. The number of hydrogen-bond acceptors (Lipinski definition) is 10. The summed E-state index contributed by atoms with van der Waals surface area (Å²) in [7, 11) is 0. The molecule has 0 unspecified atom stereocenters. The molecule has 166 valence electrons. The van der Waals surface area contributed by atoms with Crippen LogP contribution in [-0.4, -0.2) is 48.9 Å². The van der Waals surface area contributed by atoms with Crippen molar-refractivity contribution in [2.75, 3.05) is 11.1 Å². The highest BCUT2D eigenvalue weighted by atomic mass is 16.4. The summed E-state index contributed by atoms with van der Waals surface area (Å²) in [5.74, 6) is -3.46. The molecular weight excluding hydrogens is 422 g/mol. The summed E-state index contributed by atoms with van der Waals surface area (Å²) in [6.07, 6.45) is 0.662. The van der Waals surface area contributed by atoms with Crippen molar-refractivity contribution in [3.8, 4) is 0 Å². The van der Waals surface area contributed by atoms with E-state index in [2.05, 4.69) is 30.6 Å². The molecule has 3 aromatic rings. The Hall–Kier alpha value is -4.55. The minimum absolute atomic E-state index is 0.0529. The summed E-state index contributed by atoms with van der Waals surface area (Å²) in [5, 5.41) is 25.0. The number of carboxylic acid groups (broad SMARTS) is 2. The standard InChI is InChI=1S/C19H19N7O6/c20-19-25-15-14(17(30)26-19)23-11(8-22-15)7-21-10-3-1-9(2-4-10)16(29)24-12(18(31)32)5-6-13(27)28/h1-4,8,12,21H,5-7H2,(H,24,29)(H,27,28)(H,31,32)(H3,20,22,25,26,30)/p-1/t12-/m1/s1. The number of carbonyl (C=O) groups is 3. The first-order chi connectivity index (χ1) is 15.2. The summed E-state index contributed by atoms with van der Waals surface area (Å²) in [6.45, 7) is 0.225. The maximum Gasteiger partial charge on any atom is 0.326 e. The molecule has 13 heteroatoms. The van der Waals surface area contributed by atoms with Crippen LogP contribution in [0.3, 0.4) is 0 Å². The molecular formula is C19H18N7O6-. The first-order valence-corrected chi connectivity index (χ1v) is 9.32. The minimum Gasteiger partial charge on any atom is -0.550 e. The maximum atomic E-state index is 12.3. The molecule has 0 fully saturated rings. The molecule has 1 atom stereocenters. The Balaban J connectivity index is 1.62. The normalized spacial score (nSPS) is 11.6. The van der Waals surface area contributed by atoms with Crippen LogP contribution >= 0.6 is 0 Å². The molecule has 0 saturated carbocycles. The Labute approximate surface area is 179 Å². The quantitative estimate of drug-likeness (QED) is 0.261. The Kier molecular flexibility index (Phi) is 6.58. The molecule has 13 nitrogen and oxygen atoms in total. The Morgan fingerprint density at radius 1 is 1.19 bits per heavy atom. The summed E-state index contributed by atoms with van der Waals surface area (Å²) in [4.78, 5) is 60.4. The van der Waals surface area contributed by atoms with Crippen LogP contribution < -0.4 is 27.0 Å². The van der Waals surface area contributed by atoms with E-state index < -0.39 is 35.9 Å². The van der Waals surface area contributed by atoms with Crippen LogP contribution in [0.4, 0.5) is 11.6 Å². The average Bonchev–Trinajstić information content (AvgIpc) is 2.75. The van der Waals surface area contributed by atoms with E-state index in [0.717, 1.165) is 0 Å². The molecule has 0 saturated heterocycles. The minimum atomic E-state index is -1.40. The van der Waals surface area contributed by atoms with Crippen molar-refractivity contribution in [1.82, 2.24) is 25.3 Å². The molecule has 6 N–H and O–H groups in total. The van der Waals surface area contributed by atoms with Gasteiger partial charge in [0.1, 0.15) is 6.04 Å². The number of rotatable bonds is 9. The maximum absolute atomic E-state index is 12.3.